The van der Waals surface area contributed by atoms with Crippen molar-refractivity contribution in [2.45, 2.75) is 31.2 Å². The van der Waals surface area contributed by atoms with E-state index in [1.807, 2.05) is 42.5 Å². The average Bonchev–Trinajstić information content (AvgIpc) is 3.04. The zero-order valence-electron chi connectivity index (χ0n) is 20.2. The maximum atomic E-state index is 13.7. The summed E-state index contributed by atoms with van der Waals surface area (Å²) in [6, 6.07) is 18.3. The highest BCUT2D eigenvalue weighted by Gasteiger charge is 2.36. The van der Waals surface area contributed by atoms with Gasteiger partial charge in [0.25, 0.3) is 0 Å². The zero-order valence-corrected chi connectivity index (χ0v) is 20.2. The highest BCUT2D eigenvalue weighted by molar-refractivity contribution is 6.01. The molecular formula is C28H25F3N2O4. The molecule has 192 valence electrons. The van der Waals surface area contributed by atoms with E-state index in [0.717, 1.165) is 22.6 Å². The van der Waals surface area contributed by atoms with Crippen LogP contribution in [0.3, 0.4) is 0 Å². The van der Waals surface area contributed by atoms with E-state index in [1.54, 1.807) is 26.4 Å². The van der Waals surface area contributed by atoms with Crippen LogP contribution in [0.15, 0.2) is 78.0 Å². The van der Waals surface area contributed by atoms with Gasteiger partial charge in [-0.25, -0.2) is 0 Å². The number of ether oxygens (including phenoxy) is 3. The Balaban J connectivity index is 1.53. The first kappa shape index (κ1) is 24.5. The predicted molar refractivity (Wildman–Crippen MR) is 133 cm³/mol. The van der Waals surface area contributed by atoms with Crippen LogP contribution in [0.1, 0.15) is 35.9 Å². The second kappa shape index (κ2) is 9.72. The lowest BCUT2D eigenvalue weighted by molar-refractivity contribution is -0.274. The molecule has 0 amide bonds. The first-order valence-electron chi connectivity index (χ1n) is 11.7. The van der Waals surface area contributed by atoms with Gasteiger partial charge in [0.1, 0.15) is 5.75 Å². The van der Waals surface area contributed by atoms with Gasteiger partial charge in [-0.05, 0) is 59.9 Å². The number of Topliss-reactive ketones (excluding diaryl/α,β-unsaturated/α-hetero) is 1. The highest BCUT2D eigenvalue weighted by atomic mass is 19.4. The third-order valence-corrected chi connectivity index (χ3v) is 6.63. The number of halogens is 3. The van der Waals surface area contributed by atoms with Crippen LogP contribution in [-0.2, 0) is 4.79 Å². The highest BCUT2D eigenvalue weighted by Crippen LogP contribution is 2.45. The quantitative estimate of drug-likeness (QED) is 0.404. The summed E-state index contributed by atoms with van der Waals surface area (Å²) in [5.41, 5.74) is 4.54. The number of ketones is 1. The number of allylic oxidation sites excluding steroid dienone is 1. The number of fused-ring (bicyclic) bond motifs is 1. The molecule has 0 saturated carbocycles. The molecule has 6 nitrogen and oxygen atoms in total. The van der Waals surface area contributed by atoms with Gasteiger partial charge in [0.05, 0.1) is 31.6 Å². The molecule has 1 aliphatic heterocycles. The number of hydrogen-bond acceptors (Lipinski definition) is 6. The molecule has 0 saturated heterocycles. The van der Waals surface area contributed by atoms with Crippen molar-refractivity contribution in [3.8, 4) is 17.2 Å². The molecule has 3 aromatic rings. The summed E-state index contributed by atoms with van der Waals surface area (Å²) in [6.45, 7) is 0. The number of para-hydroxylation sites is 2. The van der Waals surface area contributed by atoms with E-state index in [2.05, 4.69) is 15.4 Å². The molecule has 1 heterocycles. The number of alkyl halides is 3. The van der Waals surface area contributed by atoms with E-state index < -0.39 is 12.4 Å². The van der Waals surface area contributed by atoms with Crippen LogP contribution in [0, 0.1) is 0 Å². The number of methoxy groups -OCH3 is 2. The van der Waals surface area contributed by atoms with Crippen molar-refractivity contribution in [2.24, 2.45) is 0 Å². The Bertz CT molecular complexity index is 1350. The topological polar surface area (TPSA) is 68.8 Å². The van der Waals surface area contributed by atoms with E-state index in [0.29, 0.717) is 29.1 Å². The van der Waals surface area contributed by atoms with Crippen molar-refractivity contribution in [3.05, 3.63) is 89.1 Å². The largest absolute Gasteiger partial charge is 0.573 e. The molecule has 2 aliphatic rings. The maximum absolute atomic E-state index is 13.7. The number of hydrogen-bond donors (Lipinski definition) is 2. The van der Waals surface area contributed by atoms with Crippen LogP contribution in [0.2, 0.25) is 0 Å². The SMILES string of the molecule is COc1ccc(C2CC(=O)C3=C(C2)Nc2ccccc2NC3c2ccc(OC(F)(F)F)cc2)cc1OC. The third kappa shape index (κ3) is 5.07. The molecule has 2 N–H and O–H groups in total. The summed E-state index contributed by atoms with van der Waals surface area (Å²) in [5.74, 6) is 0.742. The summed E-state index contributed by atoms with van der Waals surface area (Å²) < 4.78 is 52.8. The normalized spacial score (nSPS) is 19.1. The number of nitrogens with one attached hydrogen (secondary N) is 2. The molecular weight excluding hydrogens is 485 g/mol. The maximum Gasteiger partial charge on any atom is 0.573 e. The number of carbonyl (C=O) groups excluding carboxylic acids is 1. The van der Waals surface area contributed by atoms with E-state index in [9.17, 15) is 18.0 Å². The predicted octanol–water partition coefficient (Wildman–Crippen LogP) is 6.58. The lowest BCUT2D eigenvalue weighted by Crippen LogP contribution is -2.27. The minimum atomic E-state index is -4.78. The van der Waals surface area contributed by atoms with Crippen LogP contribution in [0.25, 0.3) is 0 Å². The van der Waals surface area contributed by atoms with Crippen LogP contribution in [0.5, 0.6) is 17.2 Å². The van der Waals surface area contributed by atoms with Gasteiger partial charge in [0.15, 0.2) is 17.3 Å². The molecule has 0 radical (unpaired) electrons. The van der Waals surface area contributed by atoms with Crippen molar-refractivity contribution in [3.63, 3.8) is 0 Å². The second-order valence-electron chi connectivity index (χ2n) is 8.90. The van der Waals surface area contributed by atoms with Crippen LogP contribution < -0.4 is 24.8 Å². The van der Waals surface area contributed by atoms with E-state index in [1.165, 1.54) is 12.1 Å². The van der Waals surface area contributed by atoms with Gasteiger partial charge in [0.2, 0.25) is 0 Å². The van der Waals surface area contributed by atoms with E-state index in [-0.39, 0.29) is 23.9 Å². The fourth-order valence-corrected chi connectivity index (χ4v) is 4.95. The fourth-order valence-electron chi connectivity index (χ4n) is 4.95. The first-order valence-corrected chi connectivity index (χ1v) is 11.7. The monoisotopic (exact) mass is 510 g/mol. The smallest absolute Gasteiger partial charge is 0.493 e. The fraction of sp³-hybridized carbons (Fsp3) is 0.250. The van der Waals surface area contributed by atoms with Gasteiger partial charge in [-0.15, -0.1) is 13.2 Å². The lowest BCUT2D eigenvalue weighted by atomic mass is 9.78. The number of carbonyl (C=O) groups is 1. The molecule has 9 heteroatoms. The Morgan fingerprint density at radius 2 is 1.51 bits per heavy atom. The lowest BCUT2D eigenvalue weighted by Gasteiger charge is -2.30. The zero-order chi connectivity index (χ0) is 26.2. The third-order valence-electron chi connectivity index (χ3n) is 6.63. The summed E-state index contributed by atoms with van der Waals surface area (Å²) >= 11 is 0. The Morgan fingerprint density at radius 1 is 0.838 bits per heavy atom. The molecule has 1 aliphatic carbocycles. The summed E-state index contributed by atoms with van der Waals surface area (Å²) in [7, 11) is 3.14. The molecule has 3 aromatic carbocycles. The van der Waals surface area contributed by atoms with Crippen molar-refractivity contribution in [2.75, 3.05) is 24.9 Å². The van der Waals surface area contributed by atoms with Gasteiger partial charge in [-0.2, -0.15) is 0 Å². The van der Waals surface area contributed by atoms with Crippen molar-refractivity contribution >= 4 is 17.2 Å². The van der Waals surface area contributed by atoms with Crippen molar-refractivity contribution in [1.82, 2.24) is 0 Å². The Morgan fingerprint density at radius 3 is 2.19 bits per heavy atom. The van der Waals surface area contributed by atoms with Crippen LogP contribution in [-0.4, -0.2) is 26.4 Å². The van der Waals surface area contributed by atoms with Crippen molar-refractivity contribution in [1.29, 1.82) is 0 Å². The molecule has 0 spiro atoms. The molecule has 0 aromatic heterocycles. The summed E-state index contributed by atoms with van der Waals surface area (Å²) in [5, 5.41) is 6.87. The van der Waals surface area contributed by atoms with Gasteiger partial charge in [0, 0.05) is 17.7 Å². The Kier molecular flexibility index (Phi) is 6.45. The van der Waals surface area contributed by atoms with Gasteiger partial charge >= 0.3 is 6.36 Å². The molecule has 2 unspecified atom stereocenters. The standard InChI is InChI=1S/C28H25F3N2O4/c1-35-24-12-9-17(15-25(24)36-2)18-13-22-26(23(34)14-18)27(33-21-6-4-3-5-20(21)32-22)16-7-10-19(11-8-16)37-28(29,30)31/h3-12,15,18,27,32-33H,13-14H2,1-2H3. The molecule has 0 bridgehead atoms. The van der Waals surface area contributed by atoms with Gasteiger partial charge in [-0.3, -0.25) is 4.79 Å². The molecule has 37 heavy (non-hydrogen) atoms. The number of anilines is 2. The molecule has 2 atom stereocenters. The average molecular weight is 511 g/mol. The second-order valence-corrected chi connectivity index (χ2v) is 8.90. The first-order chi connectivity index (χ1) is 17.8. The molecule has 5 rings (SSSR count). The minimum absolute atomic E-state index is 0.0468. The minimum Gasteiger partial charge on any atom is -0.493 e. The van der Waals surface area contributed by atoms with E-state index >= 15 is 0 Å². The number of benzene rings is 3. The van der Waals surface area contributed by atoms with Crippen LogP contribution in [0.4, 0.5) is 24.5 Å². The molecule has 0 fully saturated rings. The summed E-state index contributed by atoms with van der Waals surface area (Å²) in [6.07, 6.45) is -3.93. The summed E-state index contributed by atoms with van der Waals surface area (Å²) in [4.78, 5) is 13.7. The van der Waals surface area contributed by atoms with E-state index in [4.69, 9.17) is 9.47 Å². The Hall–Kier alpha value is -4.14. The van der Waals surface area contributed by atoms with Gasteiger partial charge < -0.3 is 24.8 Å². The van der Waals surface area contributed by atoms with Gasteiger partial charge in [-0.1, -0.05) is 30.3 Å². The van der Waals surface area contributed by atoms with Crippen molar-refractivity contribution < 1.29 is 32.2 Å². The number of rotatable bonds is 5. The Labute approximate surface area is 212 Å². The van der Waals surface area contributed by atoms with Crippen LogP contribution >= 0.6 is 0 Å².